The molecule has 0 aliphatic rings. The van der Waals surface area contributed by atoms with Crippen LogP contribution in [0.1, 0.15) is 34.7 Å². The first-order chi connectivity index (χ1) is 16.1. The second-order valence-corrected chi connectivity index (χ2v) is 8.93. The molecular formula is C22H23N5O6S. The van der Waals surface area contributed by atoms with Gasteiger partial charge in [0.1, 0.15) is 0 Å². The van der Waals surface area contributed by atoms with Crippen LogP contribution in [0.2, 0.25) is 0 Å². The van der Waals surface area contributed by atoms with Gasteiger partial charge in [-0.05, 0) is 55.5 Å². The van der Waals surface area contributed by atoms with Crippen LogP contribution >= 0.6 is 0 Å². The monoisotopic (exact) mass is 485 g/mol. The molecule has 12 heteroatoms. The molecule has 0 atom stereocenters. The van der Waals surface area contributed by atoms with Gasteiger partial charge in [0, 0.05) is 24.5 Å². The number of amides is 2. The lowest BCUT2D eigenvalue weighted by atomic mass is 10.1. The van der Waals surface area contributed by atoms with Crippen LogP contribution < -0.4 is 15.4 Å². The summed E-state index contributed by atoms with van der Waals surface area (Å²) >= 11 is 0. The Hall–Kier alpha value is -4.19. The lowest BCUT2D eigenvalue weighted by molar-refractivity contribution is -0.114. The Labute approximate surface area is 196 Å². The molecule has 178 valence electrons. The van der Waals surface area contributed by atoms with Crippen molar-refractivity contribution in [2.45, 2.75) is 13.8 Å². The largest absolute Gasteiger partial charge is 0.461 e. The minimum Gasteiger partial charge on any atom is -0.461 e. The number of anilines is 3. The highest BCUT2D eigenvalue weighted by atomic mass is 32.2. The first kappa shape index (κ1) is 24.5. The van der Waals surface area contributed by atoms with Crippen LogP contribution in [0.25, 0.3) is 5.69 Å². The van der Waals surface area contributed by atoms with Gasteiger partial charge in [-0.15, -0.1) is 0 Å². The number of ether oxygens (including phenoxy) is 1. The summed E-state index contributed by atoms with van der Waals surface area (Å²) in [6.45, 7) is 3.27. The molecule has 0 fully saturated rings. The van der Waals surface area contributed by atoms with Crippen LogP contribution in [0, 0.1) is 0 Å². The van der Waals surface area contributed by atoms with Crippen molar-refractivity contribution in [1.29, 1.82) is 0 Å². The molecule has 0 saturated carbocycles. The number of carbonyl (C=O) groups excluding carboxylic acids is 3. The number of carbonyl (C=O) groups is 3. The number of benzene rings is 2. The smallest absolute Gasteiger partial charge is 0.358 e. The zero-order chi connectivity index (χ0) is 24.9. The molecule has 3 rings (SSSR count). The normalized spacial score (nSPS) is 10.9. The highest BCUT2D eigenvalue weighted by Crippen LogP contribution is 2.23. The maximum atomic E-state index is 12.9. The standard InChI is InChI=1S/C22H23N5O6S/c1-4-33-22(30)20-11-12-27(25-20)17-8-5-15(6-9-17)24-21(29)18-13-16(23-14(2)28)7-10-19(18)26-34(3,31)32/h5-13,26H,4H2,1-3H3,(H,23,28)(H,24,29). The maximum absolute atomic E-state index is 12.9. The van der Waals surface area contributed by atoms with E-state index in [1.165, 1.54) is 35.9 Å². The summed E-state index contributed by atoms with van der Waals surface area (Å²) in [7, 11) is -3.65. The van der Waals surface area contributed by atoms with Crippen LogP contribution in [0.4, 0.5) is 17.1 Å². The SMILES string of the molecule is CCOC(=O)c1ccn(-c2ccc(NC(=O)c3cc(NC(C)=O)ccc3NS(C)(=O)=O)cc2)n1. The molecule has 0 radical (unpaired) electrons. The molecule has 2 aromatic carbocycles. The van der Waals surface area contributed by atoms with Gasteiger partial charge in [-0.1, -0.05) is 0 Å². The first-order valence-electron chi connectivity index (χ1n) is 10.1. The average molecular weight is 486 g/mol. The third-order valence-corrected chi connectivity index (χ3v) is 4.93. The minimum atomic E-state index is -3.65. The molecule has 0 aliphatic carbocycles. The van der Waals surface area contributed by atoms with E-state index in [2.05, 4.69) is 20.5 Å². The summed E-state index contributed by atoms with van der Waals surface area (Å²) in [6, 6.07) is 12.4. The molecule has 1 heterocycles. The first-order valence-corrected chi connectivity index (χ1v) is 12.0. The van der Waals surface area contributed by atoms with E-state index in [0.29, 0.717) is 17.1 Å². The third kappa shape index (κ3) is 6.42. The van der Waals surface area contributed by atoms with E-state index in [4.69, 9.17) is 4.74 Å². The van der Waals surface area contributed by atoms with Crippen molar-refractivity contribution in [3.05, 3.63) is 66.0 Å². The summed E-state index contributed by atoms with van der Waals surface area (Å²) in [6.07, 6.45) is 2.58. The molecule has 34 heavy (non-hydrogen) atoms. The predicted molar refractivity (Wildman–Crippen MR) is 127 cm³/mol. The van der Waals surface area contributed by atoms with Crippen molar-refractivity contribution in [3.63, 3.8) is 0 Å². The molecule has 3 aromatic rings. The van der Waals surface area contributed by atoms with E-state index in [0.717, 1.165) is 6.26 Å². The van der Waals surface area contributed by atoms with Gasteiger partial charge in [-0.3, -0.25) is 14.3 Å². The number of aromatic nitrogens is 2. The van der Waals surface area contributed by atoms with E-state index in [-0.39, 0.29) is 29.5 Å². The second-order valence-electron chi connectivity index (χ2n) is 7.18. The second kappa shape index (κ2) is 10.2. The molecule has 0 bridgehead atoms. The van der Waals surface area contributed by atoms with Gasteiger partial charge in [-0.25, -0.2) is 17.9 Å². The van der Waals surface area contributed by atoms with E-state index in [1.807, 2.05) is 0 Å². The number of hydrogen-bond acceptors (Lipinski definition) is 7. The zero-order valence-electron chi connectivity index (χ0n) is 18.7. The number of sulfonamides is 1. The van der Waals surface area contributed by atoms with Crippen LogP contribution in [-0.4, -0.2) is 48.8 Å². The van der Waals surface area contributed by atoms with E-state index < -0.39 is 21.9 Å². The number of rotatable bonds is 8. The molecule has 0 unspecified atom stereocenters. The molecular weight excluding hydrogens is 462 g/mol. The number of hydrogen-bond donors (Lipinski definition) is 3. The van der Waals surface area contributed by atoms with Crippen LogP contribution in [0.5, 0.6) is 0 Å². The lowest BCUT2D eigenvalue weighted by Gasteiger charge is -2.13. The Morgan fingerprint density at radius 1 is 1.00 bits per heavy atom. The minimum absolute atomic E-state index is 0.0203. The van der Waals surface area contributed by atoms with E-state index >= 15 is 0 Å². The highest BCUT2D eigenvalue weighted by Gasteiger charge is 2.16. The average Bonchev–Trinajstić information content (AvgIpc) is 3.24. The summed E-state index contributed by atoms with van der Waals surface area (Å²) in [5.41, 5.74) is 1.66. The lowest BCUT2D eigenvalue weighted by Crippen LogP contribution is -2.18. The van der Waals surface area contributed by atoms with Crippen LogP contribution in [0.3, 0.4) is 0 Å². The van der Waals surface area contributed by atoms with Gasteiger partial charge in [0.2, 0.25) is 15.9 Å². The summed E-state index contributed by atoms with van der Waals surface area (Å²) in [4.78, 5) is 36.1. The molecule has 1 aromatic heterocycles. The fraction of sp³-hybridized carbons (Fsp3) is 0.182. The van der Waals surface area contributed by atoms with Crippen molar-refractivity contribution < 1.29 is 27.5 Å². The molecule has 11 nitrogen and oxygen atoms in total. The topological polar surface area (TPSA) is 148 Å². The zero-order valence-corrected chi connectivity index (χ0v) is 19.5. The number of esters is 1. The van der Waals surface area contributed by atoms with Gasteiger partial charge in [0.15, 0.2) is 5.69 Å². The van der Waals surface area contributed by atoms with Crippen LogP contribution in [0.15, 0.2) is 54.7 Å². The fourth-order valence-electron chi connectivity index (χ4n) is 2.98. The van der Waals surface area contributed by atoms with Crippen molar-refractivity contribution in [1.82, 2.24) is 9.78 Å². The molecule has 0 spiro atoms. The third-order valence-electron chi connectivity index (χ3n) is 4.34. The Balaban J connectivity index is 1.81. The van der Waals surface area contributed by atoms with Crippen molar-refractivity contribution in [2.75, 3.05) is 28.2 Å². The molecule has 0 saturated heterocycles. The quantitative estimate of drug-likeness (QED) is 0.415. The van der Waals surface area contributed by atoms with Crippen LogP contribution in [-0.2, 0) is 19.6 Å². The Morgan fingerprint density at radius 2 is 1.68 bits per heavy atom. The van der Waals surface area contributed by atoms with Gasteiger partial charge in [0.05, 0.1) is 29.8 Å². The Morgan fingerprint density at radius 3 is 2.29 bits per heavy atom. The summed E-state index contributed by atoms with van der Waals surface area (Å²) < 4.78 is 32.1. The summed E-state index contributed by atoms with van der Waals surface area (Å²) in [5, 5.41) is 9.42. The predicted octanol–water partition coefficient (Wildman–Crippen LogP) is 2.63. The maximum Gasteiger partial charge on any atom is 0.358 e. The van der Waals surface area contributed by atoms with E-state index in [9.17, 15) is 22.8 Å². The van der Waals surface area contributed by atoms with E-state index in [1.54, 1.807) is 37.4 Å². The number of nitrogens with one attached hydrogen (secondary N) is 3. The van der Waals surface area contributed by atoms with Gasteiger partial charge >= 0.3 is 5.97 Å². The number of nitrogens with zero attached hydrogens (tertiary/aromatic N) is 2. The Kier molecular flexibility index (Phi) is 7.31. The molecule has 0 aliphatic heterocycles. The van der Waals surface area contributed by atoms with Gasteiger partial charge in [-0.2, -0.15) is 5.10 Å². The van der Waals surface area contributed by atoms with Gasteiger partial charge in [0.25, 0.3) is 5.91 Å². The Bertz CT molecular complexity index is 1330. The molecule has 3 N–H and O–H groups in total. The fourth-order valence-corrected chi connectivity index (χ4v) is 3.56. The van der Waals surface area contributed by atoms with Crippen molar-refractivity contribution in [2.24, 2.45) is 0 Å². The molecule has 2 amide bonds. The highest BCUT2D eigenvalue weighted by molar-refractivity contribution is 7.92. The summed E-state index contributed by atoms with van der Waals surface area (Å²) in [5.74, 6) is -1.45. The van der Waals surface area contributed by atoms with Gasteiger partial charge < -0.3 is 15.4 Å². The van der Waals surface area contributed by atoms with Crippen molar-refractivity contribution in [3.8, 4) is 5.69 Å². The van der Waals surface area contributed by atoms with Crippen molar-refractivity contribution >= 4 is 44.9 Å².